The van der Waals surface area contributed by atoms with Crippen LogP contribution in [0.5, 0.6) is 0 Å². The zero-order chi connectivity index (χ0) is 16.4. The van der Waals surface area contributed by atoms with Crippen LogP contribution in [-0.2, 0) is 11.3 Å². The van der Waals surface area contributed by atoms with Gasteiger partial charge in [0.1, 0.15) is 4.83 Å². The highest BCUT2D eigenvalue weighted by Gasteiger charge is 2.16. The molecule has 126 valence electrons. The summed E-state index contributed by atoms with van der Waals surface area (Å²) in [6.45, 7) is 11.4. The number of nitrogens with zero attached hydrogens (tertiary/aromatic N) is 3. The van der Waals surface area contributed by atoms with Gasteiger partial charge in [0.05, 0.1) is 18.6 Å². The standard InChI is InChI=1S/C16H23N3O2S2/c1-4-19-15(20)13-11(2)12(3)23-14(13)17-16(19)22-10-7-18-5-8-21-9-6-18/h4-10H2,1-3H3. The number of rotatable bonds is 5. The number of hydrogen-bond donors (Lipinski definition) is 0. The van der Waals surface area contributed by atoms with Crippen LogP contribution in [0.2, 0.25) is 0 Å². The average molecular weight is 354 g/mol. The van der Waals surface area contributed by atoms with E-state index in [4.69, 9.17) is 9.72 Å². The van der Waals surface area contributed by atoms with Crippen LogP contribution in [0.4, 0.5) is 0 Å². The van der Waals surface area contributed by atoms with Crippen LogP contribution in [0.1, 0.15) is 17.4 Å². The van der Waals surface area contributed by atoms with Gasteiger partial charge in [-0.1, -0.05) is 11.8 Å². The van der Waals surface area contributed by atoms with Crippen molar-refractivity contribution in [1.82, 2.24) is 14.5 Å². The summed E-state index contributed by atoms with van der Waals surface area (Å²) in [6.07, 6.45) is 0. The molecule has 1 saturated heterocycles. The second kappa shape index (κ2) is 7.34. The molecule has 0 saturated carbocycles. The molecule has 0 radical (unpaired) electrons. The minimum atomic E-state index is 0.105. The monoisotopic (exact) mass is 353 g/mol. The third-order valence-corrected chi connectivity index (χ3v) is 6.37. The first-order valence-corrected chi connectivity index (χ1v) is 9.85. The minimum Gasteiger partial charge on any atom is -0.379 e. The fraction of sp³-hybridized carbons (Fsp3) is 0.625. The SMILES string of the molecule is CCn1c(SCCN2CCOCC2)nc2sc(C)c(C)c2c1=O. The molecule has 0 aliphatic carbocycles. The molecule has 3 heterocycles. The molecule has 3 rings (SSSR count). The normalized spacial score (nSPS) is 16.3. The summed E-state index contributed by atoms with van der Waals surface area (Å²) >= 11 is 3.31. The summed E-state index contributed by atoms with van der Waals surface area (Å²) in [5, 5.41) is 1.64. The van der Waals surface area contributed by atoms with Gasteiger partial charge < -0.3 is 4.74 Å². The van der Waals surface area contributed by atoms with Crippen LogP contribution in [0.3, 0.4) is 0 Å². The van der Waals surface area contributed by atoms with Gasteiger partial charge in [0, 0.05) is 36.8 Å². The predicted octanol–water partition coefficient (Wildman–Crippen LogP) is 2.52. The van der Waals surface area contributed by atoms with Gasteiger partial charge in [-0.25, -0.2) is 4.98 Å². The highest BCUT2D eigenvalue weighted by Crippen LogP contribution is 2.28. The summed E-state index contributed by atoms with van der Waals surface area (Å²) in [6, 6.07) is 0. The Hall–Kier alpha value is -0.890. The van der Waals surface area contributed by atoms with E-state index in [9.17, 15) is 4.79 Å². The number of aromatic nitrogens is 2. The van der Waals surface area contributed by atoms with E-state index >= 15 is 0 Å². The van der Waals surface area contributed by atoms with Crippen LogP contribution in [0.15, 0.2) is 9.95 Å². The Kier molecular flexibility index (Phi) is 5.41. The Balaban J connectivity index is 1.80. The number of thioether (sulfide) groups is 1. The van der Waals surface area contributed by atoms with Gasteiger partial charge in [0.2, 0.25) is 0 Å². The Bertz CT molecular complexity index is 748. The average Bonchev–Trinajstić information content (AvgIpc) is 2.83. The molecule has 0 unspecified atom stereocenters. The molecule has 0 N–H and O–H groups in total. The lowest BCUT2D eigenvalue weighted by Crippen LogP contribution is -2.37. The predicted molar refractivity (Wildman–Crippen MR) is 97.0 cm³/mol. The van der Waals surface area contributed by atoms with E-state index in [1.54, 1.807) is 23.1 Å². The molecule has 0 amide bonds. The van der Waals surface area contributed by atoms with Gasteiger partial charge in [0.25, 0.3) is 5.56 Å². The first-order valence-electron chi connectivity index (χ1n) is 8.05. The lowest BCUT2D eigenvalue weighted by Gasteiger charge is -2.26. The molecule has 5 nitrogen and oxygen atoms in total. The fourth-order valence-corrected chi connectivity index (χ4v) is 4.92. The highest BCUT2D eigenvalue weighted by molar-refractivity contribution is 7.99. The van der Waals surface area contributed by atoms with Crippen molar-refractivity contribution in [3.8, 4) is 0 Å². The van der Waals surface area contributed by atoms with E-state index < -0.39 is 0 Å². The van der Waals surface area contributed by atoms with Crippen molar-refractivity contribution in [3.63, 3.8) is 0 Å². The van der Waals surface area contributed by atoms with Crippen LogP contribution in [0.25, 0.3) is 10.2 Å². The lowest BCUT2D eigenvalue weighted by atomic mass is 10.2. The van der Waals surface area contributed by atoms with Gasteiger partial charge >= 0.3 is 0 Å². The summed E-state index contributed by atoms with van der Waals surface area (Å²) in [4.78, 5) is 22.0. The van der Waals surface area contributed by atoms with Crippen LogP contribution in [-0.4, -0.2) is 53.1 Å². The van der Waals surface area contributed by atoms with E-state index in [2.05, 4.69) is 11.8 Å². The maximum absolute atomic E-state index is 12.8. The van der Waals surface area contributed by atoms with Crippen molar-refractivity contribution in [2.45, 2.75) is 32.5 Å². The fourth-order valence-electron chi connectivity index (χ4n) is 2.79. The lowest BCUT2D eigenvalue weighted by molar-refractivity contribution is 0.0410. The molecule has 0 spiro atoms. The van der Waals surface area contributed by atoms with Crippen molar-refractivity contribution in [2.75, 3.05) is 38.6 Å². The molecule has 1 aliphatic rings. The Morgan fingerprint density at radius 3 is 2.74 bits per heavy atom. The van der Waals surface area contributed by atoms with Crippen LogP contribution in [0, 0.1) is 13.8 Å². The number of ether oxygens (including phenoxy) is 1. The molecule has 2 aromatic rings. The molecule has 2 aromatic heterocycles. The van der Waals surface area contributed by atoms with Crippen molar-refractivity contribution in [2.24, 2.45) is 0 Å². The molecule has 0 aromatic carbocycles. The molecular weight excluding hydrogens is 330 g/mol. The molecule has 1 fully saturated rings. The number of thiophene rings is 1. The van der Waals surface area contributed by atoms with Crippen LogP contribution < -0.4 is 5.56 Å². The first-order chi connectivity index (χ1) is 11.1. The van der Waals surface area contributed by atoms with E-state index in [1.807, 2.05) is 18.4 Å². The molecular formula is C16H23N3O2S2. The summed E-state index contributed by atoms with van der Waals surface area (Å²) in [5.74, 6) is 0.946. The Morgan fingerprint density at radius 1 is 1.30 bits per heavy atom. The number of fused-ring (bicyclic) bond motifs is 1. The van der Waals surface area contributed by atoms with Gasteiger partial charge in [-0.05, 0) is 26.3 Å². The summed E-state index contributed by atoms with van der Waals surface area (Å²) in [5.41, 5.74) is 1.18. The third-order valence-electron chi connectivity index (χ3n) is 4.31. The van der Waals surface area contributed by atoms with Crippen molar-refractivity contribution >= 4 is 33.3 Å². The molecule has 0 atom stereocenters. The molecule has 23 heavy (non-hydrogen) atoms. The zero-order valence-electron chi connectivity index (χ0n) is 13.9. The van der Waals surface area contributed by atoms with Crippen LogP contribution >= 0.6 is 23.1 Å². The van der Waals surface area contributed by atoms with Gasteiger partial charge in [-0.3, -0.25) is 14.3 Å². The molecule has 1 aliphatic heterocycles. The quantitative estimate of drug-likeness (QED) is 0.611. The van der Waals surface area contributed by atoms with Gasteiger partial charge in [-0.15, -0.1) is 11.3 Å². The maximum Gasteiger partial charge on any atom is 0.263 e. The summed E-state index contributed by atoms with van der Waals surface area (Å²) < 4.78 is 7.18. The van der Waals surface area contributed by atoms with Crippen molar-refractivity contribution in [3.05, 3.63) is 20.8 Å². The van der Waals surface area contributed by atoms with Crippen molar-refractivity contribution in [1.29, 1.82) is 0 Å². The molecule has 7 heteroatoms. The van der Waals surface area contributed by atoms with E-state index in [0.29, 0.717) is 6.54 Å². The van der Waals surface area contributed by atoms with Gasteiger partial charge in [-0.2, -0.15) is 0 Å². The second-order valence-electron chi connectivity index (χ2n) is 5.71. The maximum atomic E-state index is 12.8. The first kappa shape index (κ1) is 17.0. The van der Waals surface area contributed by atoms with Gasteiger partial charge in [0.15, 0.2) is 5.16 Å². The zero-order valence-corrected chi connectivity index (χ0v) is 15.6. The van der Waals surface area contributed by atoms with E-state index in [-0.39, 0.29) is 5.56 Å². The number of morpholine rings is 1. The third kappa shape index (κ3) is 3.47. The van der Waals surface area contributed by atoms with E-state index in [0.717, 1.165) is 59.5 Å². The minimum absolute atomic E-state index is 0.105. The number of hydrogen-bond acceptors (Lipinski definition) is 6. The summed E-state index contributed by atoms with van der Waals surface area (Å²) in [7, 11) is 0. The number of aryl methyl sites for hydroxylation is 2. The largest absolute Gasteiger partial charge is 0.379 e. The Labute approximate surface area is 144 Å². The van der Waals surface area contributed by atoms with Crippen molar-refractivity contribution < 1.29 is 4.74 Å². The topological polar surface area (TPSA) is 47.4 Å². The highest BCUT2D eigenvalue weighted by atomic mass is 32.2. The smallest absolute Gasteiger partial charge is 0.263 e. The van der Waals surface area contributed by atoms with E-state index in [1.165, 1.54) is 4.88 Å². The second-order valence-corrected chi connectivity index (χ2v) is 7.97. The molecule has 0 bridgehead atoms. The Morgan fingerprint density at radius 2 is 2.04 bits per heavy atom.